The van der Waals surface area contributed by atoms with Gasteiger partial charge in [-0.1, -0.05) is 0 Å². The summed E-state index contributed by atoms with van der Waals surface area (Å²) in [6, 6.07) is 2.76. The number of nitro groups is 2. The summed E-state index contributed by atoms with van der Waals surface area (Å²) in [6.07, 6.45) is 3.44. The summed E-state index contributed by atoms with van der Waals surface area (Å²) in [5.74, 6) is -0.289. The number of piperidine rings is 1. The van der Waals surface area contributed by atoms with Crippen LogP contribution in [0.2, 0.25) is 0 Å². The van der Waals surface area contributed by atoms with Gasteiger partial charge < -0.3 is 9.64 Å². The van der Waals surface area contributed by atoms with Crippen LogP contribution in [0.15, 0.2) is 12.1 Å². The van der Waals surface area contributed by atoms with E-state index in [1.165, 1.54) is 30.6 Å². The Morgan fingerprint density at radius 2 is 1.62 bits per heavy atom. The lowest BCUT2D eigenvalue weighted by atomic mass is 10.1. The third-order valence-electron chi connectivity index (χ3n) is 3.72. The Hall–Kier alpha value is -2.22. The monoisotopic (exact) mass is 296 g/mol. The van der Waals surface area contributed by atoms with Crippen LogP contribution >= 0.6 is 0 Å². The van der Waals surface area contributed by atoms with Crippen molar-refractivity contribution in [2.24, 2.45) is 0 Å². The number of likely N-dealkylation sites (tertiary alicyclic amines) is 1. The van der Waals surface area contributed by atoms with E-state index < -0.39 is 9.85 Å². The topological polar surface area (TPSA) is 100.0 Å². The predicted octanol–water partition coefficient (Wildman–Crippen LogP) is 1.08. The van der Waals surface area contributed by atoms with E-state index in [9.17, 15) is 20.2 Å². The smallest absolute Gasteiger partial charge is 0.318 e. The molecule has 1 aliphatic rings. The maximum absolute atomic E-state index is 11.1. The summed E-state index contributed by atoms with van der Waals surface area (Å²) in [5, 5.41) is 22.2. The molecule has 0 aromatic heterocycles. The second-order valence-electron chi connectivity index (χ2n) is 5.17. The van der Waals surface area contributed by atoms with E-state index in [4.69, 9.17) is 4.74 Å². The van der Waals surface area contributed by atoms with Crippen LogP contribution in [-0.2, 0) is 6.54 Å². The van der Waals surface area contributed by atoms with Crippen LogP contribution in [-0.4, -0.2) is 30.0 Å². The third-order valence-corrected chi connectivity index (χ3v) is 3.72. The fourth-order valence-corrected chi connectivity index (χ4v) is 2.75. The van der Waals surface area contributed by atoms with E-state index in [2.05, 4.69) is 0 Å². The largest absolute Gasteiger partial charge is 0.485 e. The standard InChI is InChI=1S/C13H17N3O5/c1-21-13-11(15(17)18)7-10(8-12(13)16(19)20)9-14-5-3-2-4-6-14/h7-8H,2-6,9H2,1H3/p+1. The van der Waals surface area contributed by atoms with Gasteiger partial charge in [-0.2, -0.15) is 0 Å². The number of nitrogens with zero attached hydrogens (tertiary/aromatic N) is 2. The fraction of sp³-hybridized carbons (Fsp3) is 0.538. The average molecular weight is 296 g/mol. The SMILES string of the molecule is COc1c([N+](=O)[O-])cc(C[NH+]2CCCCC2)cc1[N+](=O)[O-]. The summed E-state index contributed by atoms with van der Waals surface area (Å²) in [7, 11) is 1.20. The Kier molecular flexibility index (Phi) is 4.69. The number of nitrogens with one attached hydrogen (secondary N) is 1. The maximum atomic E-state index is 11.1. The lowest BCUT2D eigenvalue weighted by molar-refractivity contribution is -0.918. The van der Waals surface area contributed by atoms with Crippen LogP contribution < -0.4 is 9.64 Å². The van der Waals surface area contributed by atoms with Crippen molar-refractivity contribution < 1.29 is 19.5 Å². The zero-order chi connectivity index (χ0) is 15.4. The number of quaternary nitrogens is 1. The van der Waals surface area contributed by atoms with Gasteiger partial charge in [0, 0.05) is 17.7 Å². The Morgan fingerprint density at radius 1 is 1.10 bits per heavy atom. The molecule has 1 fully saturated rings. The van der Waals surface area contributed by atoms with Gasteiger partial charge in [-0.25, -0.2) is 0 Å². The summed E-state index contributed by atoms with van der Waals surface area (Å²) < 4.78 is 4.85. The lowest BCUT2D eigenvalue weighted by Gasteiger charge is -2.23. The number of rotatable bonds is 5. The molecular formula is C13H18N3O5+. The van der Waals surface area contributed by atoms with Crippen LogP contribution in [0.5, 0.6) is 5.75 Å². The molecule has 0 unspecified atom stereocenters. The Labute approximate surface area is 121 Å². The van der Waals surface area contributed by atoms with Crippen molar-refractivity contribution >= 4 is 11.4 Å². The van der Waals surface area contributed by atoms with Crippen LogP contribution in [0.3, 0.4) is 0 Å². The molecule has 21 heavy (non-hydrogen) atoms. The van der Waals surface area contributed by atoms with Gasteiger partial charge in [0.05, 0.1) is 30.0 Å². The first-order valence-electron chi connectivity index (χ1n) is 6.86. The molecule has 1 aromatic rings. The Balaban J connectivity index is 2.37. The van der Waals surface area contributed by atoms with Crippen LogP contribution in [0, 0.1) is 20.2 Å². The molecule has 0 atom stereocenters. The molecule has 0 saturated carbocycles. The second kappa shape index (κ2) is 6.49. The van der Waals surface area contributed by atoms with Crippen molar-refractivity contribution in [2.45, 2.75) is 25.8 Å². The van der Waals surface area contributed by atoms with Gasteiger partial charge in [0.2, 0.25) is 0 Å². The average Bonchev–Trinajstić information content (AvgIpc) is 2.47. The molecule has 0 amide bonds. The Bertz CT molecular complexity index is 520. The van der Waals surface area contributed by atoms with Gasteiger partial charge in [-0.05, 0) is 19.3 Å². The summed E-state index contributed by atoms with van der Waals surface area (Å²) in [6.45, 7) is 2.55. The minimum absolute atomic E-state index is 0.289. The summed E-state index contributed by atoms with van der Waals surface area (Å²) in [5.41, 5.74) is -0.0951. The van der Waals surface area contributed by atoms with Crippen molar-refractivity contribution in [1.29, 1.82) is 0 Å². The normalized spacial score (nSPS) is 15.7. The second-order valence-corrected chi connectivity index (χ2v) is 5.17. The minimum Gasteiger partial charge on any atom is -0.485 e. The molecule has 0 spiro atoms. The number of hydrogen-bond acceptors (Lipinski definition) is 5. The zero-order valence-corrected chi connectivity index (χ0v) is 11.8. The molecule has 0 bridgehead atoms. The summed E-state index contributed by atoms with van der Waals surface area (Å²) >= 11 is 0. The van der Waals surface area contributed by atoms with Crippen LogP contribution in [0.1, 0.15) is 24.8 Å². The molecule has 1 N–H and O–H groups in total. The molecule has 1 aliphatic heterocycles. The quantitative estimate of drug-likeness (QED) is 0.647. The molecule has 1 saturated heterocycles. The highest BCUT2D eigenvalue weighted by Gasteiger charge is 2.29. The van der Waals surface area contributed by atoms with E-state index in [0.29, 0.717) is 12.1 Å². The van der Waals surface area contributed by atoms with Crippen molar-refractivity contribution in [3.63, 3.8) is 0 Å². The Morgan fingerprint density at radius 3 is 2.05 bits per heavy atom. The maximum Gasteiger partial charge on any atom is 0.318 e. The molecule has 8 heteroatoms. The first-order valence-corrected chi connectivity index (χ1v) is 6.86. The van der Waals surface area contributed by atoms with Gasteiger partial charge in [0.1, 0.15) is 6.54 Å². The first-order chi connectivity index (χ1) is 10.0. The molecule has 8 nitrogen and oxygen atoms in total. The highest BCUT2D eigenvalue weighted by molar-refractivity contribution is 5.61. The zero-order valence-electron chi connectivity index (χ0n) is 11.8. The van der Waals surface area contributed by atoms with E-state index in [1.54, 1.807) is 0 Å². The molecule has 0 radical (unpaired) electrons. The first kappa shape index (κ1) is 15.2. The molecule has 1 heterocycles. The molecule has 114 valence electrons. The van der Waals surface area contributed by atoms with Gasteiger partial charge in [-0.15, -0.1) is 0 Å². The van der Waals surface area contributed by atoms with Crippen LogP contribution in [0.25, 0.3) is 0 Å². The number of methoxy groups -OCH3 is 1. The van der Waals surface area contributed by atoms with E-state index in [0.717, 1.165) is 25.9 Å². The van der Waals surface area contributed by atoms with Gasteiger partial charge >= 0.3 is 11.4 Å². The lowest BCUT2D eigenvalue weighted by Crippen LogP contribution is -3.11. The number of nitro benzene ring substituents is 2. The molecule has 2 rings (SSSR count). The van der Waals surface area contributed by atoms with Gasteiger partial charge in [-0.3, -0.25) is 20.2 Å². The number of hydrogen-bond donors (Lipinski definition) is 1. The highest BCUT2D eigenvalue weighted by Crippen LogP contribution is 2.37. The molecule has 1 aromatic carbocycles. The molecular weight excluding hydrogens is 278 g/mol. The highest BCUT2D eigenvalue weighted by atomic mass is 16.6. The number of ether oxygens (including phenoxy) is 1. The van der Waals surface area contributed by atoms with Gasteiger partial charge in [0.15, 0.2) is 0 Å². The molecule has 0 aliphatic carbocycles. The van der Waals surface area contributed by atoms with E-state index in [1.807, 2.05) is 0 Å². The van der Waals surface area contributed by atoms with Crippen LogP contribution in [0.4, 0.5) is 11.4 Å². The van der Waals surface area contributed by atoms with E-state index >= 15 is 0 Å². The minimum atomic E-state index is -0.638. The van der Waals surface area contributed by atoms with Crippen molar-refractivity contribution in [3.8, 4) is 5.75 Å². The predicted molar refractivity (Wildman–Crippen MR) is 74.6 cm³/mol. The summed E-state index contributed by atoms with van der Waals surface area (Å²) in [4.78, 5) is 22.2. The fourth-order valence-electron chi connectivity index (χ4n) is 2.75. The van der Waals surface area contributed by atoms with Crippen molar-refractivity contribution in [3.05, 3.63) is 37.9 Å². The van der Waals surface area contributed by atoms with Crippen molar-refractivity contribution in [1.82, 2.24) is 0 Å². The third kappa shape index (κ3) is 3.46. The van der Waals surface area contributed by atoms with E-state index in [-0.39, 0.29) is 17.1 Å². The van der Waals surface area contributed by atoms with Gasteiger partial charge in [0.25, 0.3) is 5.75 Å². The van der Waals surface area contributed by atoms with Crippen molar-refractivity contribution in [2.75, 3.05) is 20.2 Å². The number of benzene rings is 1.